The molecule has 0 aromatic heterocycles. The van der Waals surface area contributed by atoms with Gasteiger partial charge in [-0.3, -0.25) is 25.0 Å². The van der Waals surface area contributed by atoms with E-state index in [1.165, 1.54) is 0 Å². The molecule has 5 N–H and O–H groups in total. The predicted octanol–water partition coefficient (Wildman–Crippen LogP) is -0.894. The van der Waals surface area contributed by atoms with Crippen molar-refractivity contribution < 1.29 is 36.4 Å². The number of hydrazine groups is 1. The molecule has 2 aliphatic rings. The van der Waals surface area contributed by atoms with E-state index in [0.717, 1.165) is 4.90 Å². The molecule has 3 atom stereocenters. The van der Waals surface area contributed by atoms with Gasteiger partial charge >= 0.3 is 16.4 Å². The molecule has 0 radical (unpaired) electrons. The molecule has 14 heteroatoms. The van der Waals surface area contributed by atoms with Crippen LogP contribution in [0.3, 0.4) is 0 Å². The highest BCUT2D eigenvalue weighted by Gasteiger charge is 2.49. The summed E-state index contributed by atoms with van der Waals surface area (Å²) >= 11 is 0. The second-order valence-corrected chi connectivity index (χ2v) is 8.62. The molecule has 0 spiro atoms. The van der Waals surface area contributed by atoms with Gasteiger partial charge in [0.05, 0.1) is 12.5 Å². The van der Waals surface area contributed by atoms with Crippen molar-refractivity contribution in [2.75, 3.05) is 13.2 Å². The summed E-state index contributed by atoms with van der Waals surface area (Å²) in [6.07, 6.45) is 0.423. The Labute approximate surface area is 184 Å². The van der Waals surface area contributed by atoms with Crippen LogP contribution < -0.4 is 21.3 Å². The molecule has 0 unspecified atom stereocenters. The lowest BCUT2D eigenvalue weighted by atomic mass is 10.0. The first kappa shape index (κ1) is 23.7. The maximum atomic E-state index is 12.5. The highest BCUT2D eigenvalue weighted by atomic mass is 32.3. The van der Waals surface area contributed by atoms with Gasteiger partial charge in [0.25, 0.3) is 5.91 Å². The topological polar surface area (TPSA) is 181 Å². The number of piperidine rings is 1. The van der Waals surface area contributed by atoms with Crippen molar-refractivity contribution in [3.8, 4) is 5.75 Å². The second kappa shape index (κ2) is 9.68. The van der Waals surface area contributed by atoms with Crippen LogP contribution in [0.25, 0.3) is 0 Å². The van der Waals surface area contributed by atoms with Crippen LogP contribution in [0.2, 0.25) is 0 Å². The number of fused-ring (bicyclic) bond motifs is 2. The third-order valence-corrected chi connectivity index (χ3v) is 5.30. The number of nitrogens with zero attached hydrogens (tertiary/aromatic N) is 2. The molecule has 1 aromatic carbocycles. The van der Waals surface area contributed by atoms with Gasteiger partial charge in [-0.05, 0) is 25.8 Å². The number of amides is 4. The van der Waals surface area contributed by atoms with Crippen LogP contribution in [-0.4, -0.2) is 72.1 Å². The summed E-state index contributed by atoms with van der Waals surface area (Å²) in [6.45, 7) is 2.11. The highest BCUT2D eigenvalue weighted by molar-refractivity contribution is 7.80. The van der Waals surface area contributed by atoms with Gasteiger partial charge in [-0.1, -0.05) is 18.2 Å². The molecule has 2 heterocycles. The normalized spacial score (nSPS) is 21.3. The number of carbonyl (C=O) groups is 3. The van der Waals surface area contributed by atoms with Crippen molar-refractivity contribution in [2.24, 2.45) is 5.73 Å². The summed E-state index contributed by atoms with van der Waals surface area (Å²) in [7, 11) is -4.88. The van der Waals surface area contributed by atoms with E-state index < -0.39 is 40.3 Å². The molecule has 32 heavy (non-hydrogen) atoms. The number of hydrogen-bond donors (Lipinski definition) is 4. The highest BCUT2D eigenvalue weighted by Crippen LogP contribution is 2.30. The van der Waals surface area contributed by atoms with E-state index in [9.17, 15) is 22.8 Å². The second-order valence-electron chi connectivity index (χ2n) is 7.62. The Morgan fingerprint density at radius 1 is 1.28 bits per heavy atom. The van der Waals surface area contributed by atoms with Gasteiger partial charge < -0.3 is 15.4 Å². The third-order valence-electron chi connectivity index (χ3n) is 4.95. The lowest BCUT2D eigenvalue weighted by Gasteiger charge is -2.29. The molecule has 1 aromatic rings. The minimum absolute atomic E-state index is 0.0463. The maximum absolute atomic E-state index is 12.5. The first-order valence-corrected chi connectivity index (χ1v) is 11.2. The number of nitrogens with two attached hydrogens (primary N) is 1. The summed E-state index contributed by atoms with van der Waals surface area (Å²) in [5.41, 5.74) is 10.9. The van der Waals surface area contributed by atoms with E-state index in [1.54, 1.807) is 31.2 Å². The summed E-state index contributed by atoms with van der Waals surface area (Å²) in [4.78, 5) is 38.3. The van der Waals surface area contributed by atoms with E-state index in [1.807, 2.05) is 0 Å². The molecule has 0 saturated carbocycles. The number of carbonyl (C=O) groups excluding carboxylic acids is 3. The number of benzene rings is 1. The molecular weight excluding hydrogens is 446 g/mol. The number of rotatable bonds is 8. The zero-order chi connectivity index (χ0) is 23.5. The van der Waals surface area contributed by atoms with Crippen LogP contribution in [0.4, 0.5) is 4.79 Å². The molecule has 2 aliphatic heterocycles. The van der Waals surface area contributed by atoms with Crippen molar-refractivity contribution >= 4 is 28.2 Å². The Hall–Kier alpha value is -2.94. The minimum Gasteiger partial charge on any atom is -0.492 e. The van der Waals surface area contributed by atoms with Gasteiger partial charge in [-0.15, -0.1) is 4.28 Å². The van der Waals surface area contributed by atoms with E-state index in [0.29, 0.717) is 16.4 Å². The van der Waals surface area contributed by atoms with E-state index in [4.69, 9.17) is 15.0 Å². The number of hydrogen-bond acceptors (Lipinski definition) is 8. The monoisotopic (exact) mass is 471 g/mol. The molecule has 2 bridgehead atoms. The van der Waals surface area contributed by atoms with Crippen LogP contribution in [0.5, 0.6) is 5.75 Å². The zero-order valence-corrected chi connectivity index (χ0v) is 18.1. The van der Waals surface area contributed by atoms with Gasteiger partial charge in [-0.2, -0.15) is 13.5 Å². The smallest absolute Gasteiger partial charge is 0.418 e. The van der Waals surface area contributed by atoms with E-state index in [-0.39, 0.29) is 38.5 Å². The van der Waals surface area contributed by atoms with Gasteiger partial charge in [0.2, 0.25) is 5.91 Å². The number of hydroxylamine groups is 2. The third kappa shape index (κ3) is 5.85. The number of nitrogens with one attached hydrogen (secondary N) is 2. The van der Waals surface area contributed by atoms with Crippen LogP contribution in [0.15, 0.2) is 24.3 Å². The Balaban J connectivity index is 1.54. The first-order valence-electron chi connectivity index (χ1n) is 9.87. The van der Waals surface area contributed by atoms with Crippen molar-refractivity contribution in [1.82, 2.24) is 20.8 Å². The van der Waals surface area contributed by atoms with Gasteiger partial charge in [0.15, 0.2) is 0 Å². The fraction of sp³-hybridized carbons (Fsp3) is 0.500. The molecule has 0 aliphatic carbocycles. The van der Waals surface area contributed by atoms with Crippen LogP contribution in [0, 0.1) is 0 Å². The van der Waals surface area contributed by atoms with E-state index >= 15 is 0 Å². The summed E-state index contributed by atoms with van der Waals surface area (Å²) in [6, 6.07) is 4.34. The number of ether oxygens (including phenoxy) is 1. The number of para-hydroxylation sites is 1. The molecular formula is C18H25N5O8S. The summed E-state index contributed by atoms with van der Waals surface area (Å²) in [5.74, 6) is -0.639. The van der Waals surface area contributed by atoms with Crippen molar-refractivity contribution in [3.63, 3.8) is 0 Å². The largest absolute Gasteiger partial charge is 0.492 e. The van der Waals surface area contributed by atoms with Crippen molar-refractivity contribution in [3.05, 3.63) is 29.8 Å². The first-order chi connectivity index (χ1) is 15.0. The minimum atomic E-state index is -4.88. The SMILES string of the molecule is C[C@@H](N)COc1ccccc1CC(=O)NNC(=O)[C@@H]1CC[C@@H]2CN1C(=O)N2OS(=O)(=O)O. The van der Waals surface area contributed by atoms with Gasteiger partial charge in [0, 0.05) is 18.2 Å². The zero-order valence-electron chi connectivity index (χ0n) is 17.3. The van der Waals surface area contributed by atoms with Crippen LogP contribution in [-0.2, 0) is 30.7 Å². The lowest BCUT2D eigenvalue weighted by molar-refractivity contribution is -0.131. The van der Waals surface area contributed by atoms with Crippen molar-refractivity contribution in [1.29, 1.82) is 0 Å². The van der Waals surface area contributed by atoms with Gasteiger partial charge in [0.1, 0.15) is 18.4 Å². The summed E-state index contributed by atoms with van der Waals surface area (Å²) < 4.78 is 40.6. The van der Waals surface area contributed by atoms with Crippen LogP contribution in [0.1, 0.15) is 25.3 Å². The molecule has 2 saturated heterocycles. The molecule has 3 rings (SSSR count). The lowest BCUT2D eigenvalue weighted by Crippen LogP contribution is -2.54. The van der Waals surface area contributed by atoms with E-state index in [2.05, 4.69) is 15.1 Å². The Morgan fingerprint density at radius 2 is 2.00 bits per heavy atom. The quantitative estimate of drug-likeness (QED) is 0.276. The fourth-order valence-corrected chi connectivity index (χ4v) is 3.94. The Morgan fingerprint density at radius 3 is 2.69 bits per heavy atom. The maximum Gasteiger partial charge on any atom is 0.418 e. The fourth-order valence-electron chi connectivity index (χ4n) is 3.55. The van der Waals surface area contributed by atoms with Gasteiger partial charge in [-0.25, -0.2) is 4.79 Å². The predicted molar refractivity (Wildman–Crippen MR) is 109 cm³/mol. The Kier molecular flexibility index (Phi) is 7.18. The molecule has 2 fully saturated rings. The summed E-state index contributed by atoms with van der Waals surface area (Å²) in [5, 5.41) is 0.542. The Bertz CT molecular complexity index is 985. The standard InChI is InChI=1S/C18H25N5O8S/c1-11(19)10-30-15-5-3-2-4-12(15)8-16(24)20-21-17(25)14-7-6-13-9-22(14)18(26)23(13)31-32(27,28)29/h2-5,11,13-14H,6-10,19H2,1H3,(H,20,24)(H,21,25)(H,27,28,29)/t11-,13-,14+/m1/s1. The molecule has 176 valence electrons. The average molecular weight is 471 g/mol. The van der Waals surface area contributed by atoms with Crippen LogP contribution >= 0.6 is 0 Å². The van der Waals surface area contributed by atoms with Crippen molar-refractivity contribution in [2.45, 2.75) is 44.3 Å². The molecule has 4 amide bonds. The number of urea groups is 1. The molecule has 13 nitrogen and oxygen atoms in total. The average Bonchev–Trinajstić information content (AvgIpc) is 2.95.